The van der Waals surface area contributed by atoms with Crippen LogP contribution in [-0.4, -0.2) is 39.1 Å². The summed E-state index contributed by atoms with van der Waals surface area (Å²) in [4.78, 5) is 9.25. The Morgan fingerprint density at radius 1 is 1.15 bits per heavy atom. The Kier molecular flexibility index (Phi) is 6.58. The zero-order valence-electron chi connectivity index (χ0n) is 22.3. The van der Waals surface area contributed by atoms with Crippen molar-refractivity contribution < 1.29 is 19.0 Å². The van der Waals surface area contributed by atoms with E-state index < -0.39 is 11.9 Å². The van der Waals surface area contributed by atoms with Gasteiger partial charge < -0.3 is 24.3 Å². The Morgan fingerprint density at radius 2 is 1.97 bits per heavy atom. The lowest BCUT2D eigenvalue weighted by Gasteiger charge is -2.37. The minimum atomic E-state index is -0.667. The maximum absolute atomic E-state index is 10.7. The quantitative estimate of drug-likeness (QED) is 0.296. The number of allylic oxidation sites excluding steroid dienone is 1. The first-order valence-electron chi connectivity index (χ1n) is 13.1. The predicted octanol–water partition coefficient (Wildman–Crippen LogP) is 3.98. The molecule has 0 saturated heterocycles. The van der Waals surface area contributed by atoms with Crippen LogP contribution in [0, 0.1) is 0 Å². The summed E-state index contributed by atoms with van der Waals surface area (Å²) < 4.78 is 18.4. The highest BCUT2D eigenvalue weighted by molar-refractivity contribution is 5.85. The molecule has 202 valence electrons. The van der Waals surface area contributed by atoms with E-state index in [0.717, 1.165) is 64.5 Å². The van der Waals surface area contributed by atoms with Crippen molar-refractivity contribution in [2.75, 3.05) is 14.2 Å². The molecule has 1 atom stereocenters. The van der Waals surface area contributed by atoms with E-state index >= 15 is 0 Å². The van der Waals surface area contributed by atoms with Gasteiger partial charge in [-0.05, 0) is 43.4 Å². The molecule has 1 saturated carbocycles. The monoisotopic (exact) mass is 528 g/mol. The molecule has 2 aliphatic rings. The summed E-state index contributed by atoms with van der Waals surface area (Å²) in [6, 6.07) is 13.9. The predicted molar refractivity (Wildman–Crippen MR) is 145 cm³/mol. The maximum atomic E-state index is 10.7. The third-order valence-corrected chi connectivity index (χ3v) is 7.57. The molecule has 3 N–H and O–H groups in total. The number of aliphatic hydroxyl groups is 1. The van der Waals surface area contributed by atoms with Gasteiger partial charge in [0.2, 0.25) is 5.89 Å². The van der Waals surface area contributed by atoms with Gasteiger partial charge in [-0.2, -0.15) is 5.10 Å². The van der Waals surface area contributed by atoms with Crippen molar-refractivity contribution in [1.29, 1.82) is 0 Å². The van der Waals surface area contributed by atoms with Crippen LogP contribution in [0.1, 0.15) is 66.7 Å². The van der Waals surface area contributed by atoms with Crippen molar-refractivity contribution in [1.82, 2.24) is 30.4 Å². The first-order valence-corrected chi connectivity index (χ1v) is 13.1. The molecule has 0 amide bonds. The third kappa shape index (κ3) is 4.77. The minimum absolute atomic E-state index is 0.408. The number of nitrogens with one attached hydrogen (secondary N) is 2. The Labute approximate surface area is 226 Å². The van der Waals surface area contributed by atoms with Gasteiger partial charge in [-0.3, -0.25) is 5.32 Å². The lowest BCUT2D eigenvalue weighted by Crippen LogP contribution is -2.41. The maximum Gasteiger partial charge on any atom is 0.242 e. The van der Waals surface area contributed by atoms with Gasteiger partial charge in [0.25, 0.3) is 0 Å². The Morgan fingerprint density at radius 3 is 2.64 bits per heavy atom. The number of aromatic nitrogens is 4. The van der Waals surface area contributed by atoms with Crippen LogP contribution in [0.2, 0.25) is 0 Å². The van der Waals surface area contributed by atoms with Crippen molar-refractivity contribution in [3.05, 3.63) is 89.2 Å². The van der Waals surface area contributed by atoms with Crippen LogP contribution in [0.15, 0.2) is 59.3 Å². The number of hydrogen-bond acceptors (Lipinski definition) is 9. The van der Waals surface area contributed by atoms with E-state index in [2.05, 4.69) is 27.8 Å². The molecule has 0 bridgehead atoms. The van der Waals surface area contributed by atoms with Crippen LogP contribution >= 0.6 is 0 Å². The summed E-state index contributed by atoms with van der Waals surface area (Å²) in [5.74, 6) is 3.38. The third-order valence-electron chi connectivity index (χ3n) is 7.57. The number of ether oxygens (including phenoxy) is 2. The molecule has 0 spiro atoms. The van der Waals surface area contributed by atoms with Crippen LogP contribution in [0.5, 0.6) is 11.5 Å². The van der Waals surface area contributed by atoms with E-state index in [1.807, 2.05) is 41.9 Å². The van der Waals surface area contributed by atoms with Gasteiger partial charge in [-0.25, -0.2) is 14.6 Å². The van der Waals surface area contributed by atoms with E-state index in [4.69, 9.17) is 24.0 Å². The fourth-order valence-electron chi connectivity index (χ4n) is 5.12. The van der Waals surface area contributed by atoms with Crippen LogP contribution in [0.3, 0.4) is 0 Å². The van der Waals surface area contributed by atoms with Crippen molar-refractivity contribution in [3.63, 3.8) is 0 Å². The second kappa shape index (κ2) is 10.2. The van der Waals surface area contributed by atoms with Crippen molar-refractivity contribution in [3.8, 4) is 11.5 Å². The number of hydrogen-bond donors (Lipinski definition) is 3. The molecule has 2 aromatic heterocycles. The lowest BCUT2D eigenvalue weighted by molar-refractivity contribution is -0.0388. The largest absolute Gasteiger partial charge is 0.497 e. The molecule has 0 radical (unpaired) electrons. The smallest absolute Gasteiger partial charge is 0.242 e. The average molecular weight is 529 g/mol. The van der Waals surface area contributed by atoms with Gasteiger partial charge >= 0.3 is 0 Å². The fourth-order valence-corrected chi connectivity index (χ4v) is 5.12. The van der Waals surface area contributed by atoms with E-state index in [9.17, 15) is 5.11 Å². The van der Waals surface area contributed by atoms with Crippen LogP contribution in [0.4, 0.5) is 0 Å². The molecule has 10 heteroatoms. The number of oxazole rings is 1. The Balaban J connectivity index is 1.27. The van der Waals surface area contributed by atoms with E-state index in [0.29, 0.717) is 24.7 Å². The fraction of sp³-hybridized carbons (Fsp3) is 0.345. The van der Waals surface area contributed by atoms with Gasteiger partial charge in [0.05, 0.1) is 26.0 Å². The first-order chi connectivity index (χ1) is 19.0. The van der Waals surface area contributed by atoms with E-state index in [-0.39, 0.29) is 0 Å². The first kappa shape index (κ1) is 25.1. The van der Waals surface area contributed by atoms with Gasteiger partial charge in [0.1, 0.15) is 23.5 Å². The highest BCUT2D eigenvalue weighted by Crippen LogP contribution is 2.41. The van der Waals surface area contributed by atoms with Gasteiger partial charge in [0.15, 0.2) is 17.9 Å². The molecule has 1 unspecified atom stereocenters. The number of fused-ring (bicyclic) bond motifs is 1. The molecule has 4 aromatic rings. The molecule has 2 aromatic carbocycles. The molecular formula is C29H32N6O4. The molecule has 6 rings (SSSR count). The van der Waals surface area contributed by atoms with E-state index in [1.165, 1.54) is 0 Å². The van der Waals surface area contributed by atoms with Crippen LogP contribution < -0.4 is 20.1 Å². The summed E-state index contributed by atoms with van der Waals surface area (Å²) in [5, 5.41) is 22.5. The van der Waals surface area contributed by atoms with E-state index in [1.54, 1.807) is 26.7 Å². The molecule has 1 aliphatic heterocycles. The molecule has 10 nitrogen and oxygen atoms in total. The van der Waals surface area contributed by atoms with Gasteiger partial charge in [-0.1, -0.05) is 30.3 Å². The standard InChI is InChI=1S/C29H32N6O4/c1-18-25(27-30-13-14-39-27)33-28(31-17-20-7-10-22(37-2)16-23(20)38-3)35-26(18)32-24(34-35)15-19-5-8-21(9-6-19)29(36)11-4-12-29/h5-10,13-14,16,28,31,33,36H,4,11-12,15,17H2,1-3H3. The molecule has 1 fully saturated rings. The minimum Gasteiger partial charge on any atom is -0.497 e. The second-order valence-electron chi connectivity index (χ2n) is 10.00. The lowest BCUT2D eigenvalue weighted by atomic mass is 9.75. The number of nitrogens with zero attached hydrogens (tertiary/aromatic N) is 4. The number of benzene rings is 2. The second-order valence-corrected chi connectivity index (χ2v) is 10.00. The highest BCUT2D eigenvalue weighted by Gasteiger charge is 2.36. The van der Waals surface area contributed by atoms with Crippen molar-refractivity contribution in [2.24, 2.45) is 0 Å². The zero-order chi connectivity index (χ0) is 27.0. The van der Waals surface area contributed by atoms with Crippen molar-refractivity contribution >= 4 is 11.3 Å². The van der Waals surface area contributed by atoms with Gasteiger partial charge in [-0.15, -0.1) is 0 Å². The molecule has 1 aliphatic carbocycles. The van der Waals surface area contributed by atoms with Gasteiger partial charge in [0, 0.05) is 30.2 Å². The van der Waals surface area contributed by atoms with Crippen LogP contribution in [-0.2, 0) is 18.6 Å². The van der Waals surface area contributed by atoms with Crippen LogP contribution in [0.25, 0.3) is 11.3 Å². The molecule has 3 heterocycles. The summed E-state index contributed by atoms with van der Waals surface area (Å²) >= 11 is 0. The molecule has 39 heavy (non-hydrogen) atoms. The van der Waals surface area contributed by atoms with Crippen molar-refractivity contribution in [2.45, 2.75) is 51.0 Å². The summed E-state index contributed by atoms with van der Waals surface area (Å²) in [6.07, 6.45) is 6.05. The average Bonchev–Trinajstić information content (AvgIpc) is 3.63. The summed E-state index contributed by atoms with van der Waals surface area (Å²) in [6.45, 7) is 2.48. The molecular weight excluding hydrogens is 496 g/mol. The number of methoxy groups -OCH3 is 2. The SMILES string of the molecule is COc1ccc(CNC2NC(c3ncco3)=C(C)c3nc(Cc4ccc(C5(O)CCC5)cc4)nn32)c(OC)c1. The Hall–Kier alpha value is -4.15. The number of rotatable bonds is 9. The highest BCUT2D eigenvalue weighted by atomic mass is 16.5. The summed E-state index contributed by atoms with van der Waals surface area (Å²) in [7, 11) is 3.28. The zero-order valence-corrected chi connectivity index (χ0v) is 22.3. The normalized spacial score (nSPS) is 17.8. The summed E-state index contributed by atoms with van der Waals surface area (Å²) in [5.41, 5.74) is 4.01. The topological polar surface area (TPSA) is 119 Å². The Bertz CT molecular complexity index is 1490.